The Morgan fingerprint density at radius 1 is 1.00 bits per heavy atom. The summed E-state index contributed by atoms with van der Waals surface area (Å²) in [5.41, 5.74) is 2.56. The van der Waals surface area contributed by atoms with Gasteiger partial charge in [0, 0.05) is 6.54 Å². The van der Waals surface area contributed by atoms with E-state index in [1.807, 2.05) is 85.7 Å². The van der Waals surface area contributed by atoms with Crippen LogP contribution in [0, 0.1) is 0 Å². The summed E-state index contributed by atoms with van der Waals surface area (Å²) in [4.78, 5) is 30.2. The van der Waals surface area contributed by atoms with E-state index in [9.17, 15) is 14.7 Å². The molecule has 3 aromatic rings. The molecule has 0 radical (unpaired) electrons. The summed E-state index contributed by atoms with van der Waals surface area (Å²) in [6.07, 6.45) is 3.76. The van der Waals surface area contributed by atoms with E-state index in [2.05, 4.69) is 0 Å². The molecule has 0 saturated carbocycles. The van der Waals surface area contributed by atoms with Gasteiger partial charge in [-0.2, -0.15) is 0 Å². The molecule has 202 valence electrons. The van der Waals surface area contributed by atoms with Gasteiger partial charge < -0.3 is 24.4 Å². The smallest absolute Gasteiger partial charge is 0.290 e. The zero-order valence-corrected chi connectivity index (χ0v) is 22.5. The van der Waals surface area contributed by atoms with Crippen molar-refractivity contribution in [2.75, 3.05) is 34.3 Å². The van der Waals surface area contributed by atoms with Crippen molar-refractivity contribution in [1.82, 2.24) is 9.80 Å². The SMILES string of the molecule is COc1cc(C2C(C(=O)/C=C/c3ccccc3)=C(O)C(=O)N2CCCN(C)C)ccc1OCc1ccccc1. The molecule has 7 nitrogen and oxygen atoms in total. The van der Waals surface area contributed by atoms with E-state index in [1.54, 1.807) is 30.2 Å². The number of aliphatic hydroxyl groups excluding tert-OH is 1. The summed E-state index contributed by atoms with van der Waals surface area (Å²) in [5, 5.41) is 10.9. The minimum absolute atomic E-state index is 0.0528. The maximum Gasteiger partial charge on any atom is 0.290 e. The summed E-state index contributed by atoms with van der Waals surface area (Å²) in [6.45, 7) is 1.49. The van der Waals surface area contributed by atoms with Gasteiger partial charge in [0.15, 0.2) is 23.0 Å². The molecule has 1 aliphatic rings. The van der Waals surface area contributed by atoms with Crippen LogP contribution in [0.5, 0.6) is 11.5 Å². The molecule has 1 heterocycles. The first kappa shape index (κ1) is 27.7. The Kier molecular flexibility index (Phi) is 9.18. The highest BCUT2D eigenvalue weighted by molar-refractivity contribution is 6.14. The lowest BCUT2D eigenvalue weighted by atomic mass is 9.95. The molecule has 3 aromatic carbocycles. The van der Waals surface area contributed by atoms with Crippen molar-refractivity contribution < 1.29 is 24.2 Å². The highest BCUT2D eigenvalue weighted by atomic mass is 16.5. The Hall–Kier alpha value is -4.36. The Bertz CT molecular complexity index is 1350. The van der Waals surface area contributed by atoms with Crippen LogP contribution in [0.15, 0.2) is 96.3 Å². The zero-order chi connectivity index (χ0) is 27.8. The Labute approximate surface area is 229 Å². The number of methoxy groups -OCH3 is 1. The first-order valence-electron chi connectivity index (χ1n) is 12.9. The fraction of sp³-hybridized carbons (Fsp3) is 0.250. The molecule has 1 amide bonds. The second kappa shape index (κ2) is 12.9. The summed E-state index contributed by atoms with van der Waals surface area (Å²) in [7, 11) is 5.47. The van der Waals surface area contributed by atoms with Crippen molar-refractivity contribution in [3.63, 3.8) is 0 Å². The first-order chi connectivity index (χ1) is 18.9. The molecule has 0 spiro atoms. The highest BCUT2D eigenvalue weighted by Crippen LogP contribution is 2.41. The van der Waals surface area contributed by atoms with Gasteiger partial charge in [-0.3, -0.25) is 9.59 Å². The second-order valence-corrected chi connectivity index (χ2v) is 9.61. The molecule has 4 rings (SSSR count). The molecule has 0 aromatic heterocycles. The van der Waals surface area contributed by atoms with Crippen LogP contribution in [0.25, 0.3) is 6.08 Å². The number of ketones is 1. The lowest BCUT2D eigenvalue weighted by Crippen LogP contribution is -2.33. The van der Waals surface area contributed by atoms with E-state index in [0.29, 0.717) is 36.6 Å². The third kappa shape index (κ3) is 6.75. The molecule has 0 saturated heterocycles. The summed E-state index contributed by atoms with van der Waals surface area (Å²) < 4.78 is 11.6. The predicted octanol–water partition coefficient (Wildman–Crippen LogP) is 5.20. The summed E-state index contributed by atoms with van der Waals surface area (Å²) >= 11 is 0. The number of carbonyl (C=O) groups is 2. The lowest BCUT2D eigenvalue weighted by molar-refractivity contribution is -0.129. The van der Waals surface area contributed by atoms with E-state index in [1.165, 1.54) is 6.08 Å². The number of allylic oxidation sites excluding steroid dienone is 1. The molecular weight excluding hydrogens is 492 g/mol. The number of amides is 1. The second-order valence-electron chi connectivity index (χ2n) is 9.61. The number of hydrogen-bond acceptors (Lipinski definition) is 6. The first-order valence-corrected chi connectivity index (χ1v) is 12.9. The maximum atomic E-state index is 13.4. The molecule has 7 heteroatoms. The Morgan fingerprint density at radius 3 is 2.36 bits per heavy atom. The fourth-order valence-corrected chi connectivity index (χ4v) is 4.57. The molecule has 1 unspecified atom stereocenters. The highest BCUT2D eigenvalue weighted by Gasteiger charge is 2.42. The molecule has 0 bridgehead atoms. The number of rotatable bonds is 12. The summed E-state index contributed by atoms with van der Waals surface area (Å²) in [5.74, 6) is -0.483. The molecule has 1 N–H and O–H groups in total. The van der Waals surface area contributed by atoms with E-state index in [-0.39, 0.29) is 5.57 Å². The largest absolute Gasteiger partial charge is 0.503 e. The van der Waals surface area contributed by atoms with Crippen molar-refractivity contribution >= 4 is 17.8 Å². The number of hydrogen-bond donors (Lipinski definition) is 1. The normalized spacial score (nSPS) is 15.4. The minimum Gasteiger partial charge on any atom is -0.503 e. The molecule has 39 heavy (non-hydrogen) atoms. The van der Waals surface area contributed by atoms with E-state index in [4.69, 9.17) is 9.47 Å². The van der Waals surface area contributed by atoms with Crippen molar-refractivity contribution in [1.29, 1.82) is 0 Å². The van der Waals surface area contributed by atoms with Crippen LogP contribution in [0.2, 0.25) is 0 Å². The Morgan fingerprint density at radius 2 is 1.69 bits per heavy atom. The van der Waals surface area contributed by atoms with Crippen molar-refractivity contribution in [2.24, 2.45) is 0 Å². The number of nitrogens with zero attached hydrogens (tertiary/aromatic N) is 2. The van der Waals surface area contributed by atoms with Crippen LogP contribution >= 0.6 is 0 Å². The number of carbonyl (C=O) groups excluding carboxylic acids is 2. The van der Waals surface area contributed by atoms with Gasteiger partial charge in [-0.25, -0.2) is 0 Å². The number of ether oxygens (including phenoxy) is 2. The molecular formula is C32H34N2O5. The van der Waals surface area contributed by atoms with E-state index in [0.717, 1.165) is 17.7 Å². The predicted molar refractivity (Wildman–Crippen MR) is 152 cm³/mol. The van der Waals surface area contributed by atoms with Gasteiger partial charge in [0.1, 0.15) is 6.61 Å². The fourth-order valence-electron chi connectivity index (χ4n) is 4.57. The van der Waals surface area contributed by atoms with Gasteiger partial charge in [-0.15, -0.1) is 0 Å². The quantitative estimate of drug-likeness (QED) is 0.327. The molecule has 0 fully saturated rings. The van der Waals surface area contributed by atoms with Crippen molar-refractivity contribution in [2.45, 2.75) is 19.1 Å². The van der Waals surface area contributed by atoms with Crippen LogP contribution in [-0.4, -0.2) is 60.9 Å². The summed E-state index contributed by atoms with van der Waals surface area (Å²) in [6, 6.07) is 23.8. The molecule has 0 aliphatic carbocycles. The van der Waals surface area contributed by atoms with Crippen molar-refractivity contribution in [3.8, 4) is 11.5 Å². The van der Waals surface area contributed by atoms with Gasteiger partial charge in [0.2, 0.25) is 0 Å². The van der Waals surface area contributed by atoms with Crippen molar-refractivity contribution in [3.05, 3.63) is 113 Å². The molecule has 1 atom stereocenters. The number of aliphatic hydroxyl groups is 1. The van der Waals surface area contributed by atoms with Gasteiger partial charge >= 0.3 is 0 Å². The standard InChI is InChI=1S/C32H34N2O5/c1-33(2)19-10-20-34-30(29(31(36)32(34)37)26(35)17-15-23-11-6-4-7-12-23)25-16-18-27(28(21-25)38-3)39-22-24-13-8-5-9-14-24/h4-9,11-18,21,30,36H,10,19-20,22H2,1-3H3/b17-15+. The van der Waals surface area contributed by atoms with E-state index >= 15 is 0 Å². The average molecular weight is 527 g/mol. The average Bonchev–Trinajstić information content (AvgIpc) is 3.21. The zero-order valence-electron chi connectivity index (χ0n) is 22.5. The Balaban J connectivity index is 1.65. The van der Waals surface area contributed by atoms with Crippen LogP contribution in [-0.2, 0) is 16.2 Å². The monoisotopic (exact) mass is 526 g/mol. The number of benzene rings is 3. The van der Waals surface area contributed by atoms with Gasteiger partial charge in [0.25, 0.3) is 5.91 Å². The third-order valence-corrected chi connectivity index (χ3v) is 6.54. The minimum atomic E-state index is -0.760. The van der Waals surface area contributed by atoms with Crippen LogP contribution < -0.4 is 9.47 Å². The van der Waals surface area contributed by atoms with Gasteiger partial charge in [-0.1, -0.05) is 72.8 Å². The van der Waals surface area contributed by atoms with E-state index < -0.39 is 23.5 Å². The molecule has 1 aliphatic heterocycles. The van der Waals surface area contributed by atoms with Crippen LogP contribution in [0.3, 0.4) is 0 Å². The van der Waals surface area contributed by atoms with Crippen LogP contribution in [0.1, 0.15) is 29.2 Å². The van der Waals surface area contributed by atoms with Crippen LogP contribution in [0.4, 0.5) is 0 Å². The topological polar surface area (TPSA) is 79.3 Å². The third-order valence-electron chi connectivity index (χ3n) is 6.54. The lowest BCUT2D eigenvalue weighted by Gasteiger charge is -2.27. The van der Waals surface area contributed by atoms with Gasteiger partial charge in [-0.05, 0) is 62.0 Å². The maximum absolute atomic E-state index is 13.4. The van der Waals surface area contributed by atoms with Gasteiger partial charge in [0.05, 0.1) is 18.7 Å².